The van der Waals surface area contributed by atoms with Gasteiger partial charge in [-0.15, -0.1) is 10.1 Å². The SMILES string of the molecule is Nc1nc(O[N+](=O)[O-])c2[nH]cnc2n1. The van der Waals surface area contributed by atoms with Gasteiger partial charge in [0.2, 0.25) is 11.8 Å². The minimum atomic E-state index is -0.984. The monoisotopic (exact) mass is 196 g/mol. The van der Waals surface area contributed by atoms with Gasteiger partial charge in [0.15, 0.2) is 5.65 Å². The number of H-pyrrole nitrogens is 1. The van der Waals surface area contributed by atoms with E-state index in [0.717, 1.165) is 0 Å². The van der Waals surface area contributed by atoms with Crippen LogP contribution in [0.2, 0.25) is 0 Å². The number of aromatic amines is 1. The van der Waals surface area contributed by atoms with E-state index >= 15 is 0 Å². The van der Waals surface area contributed by atoms with E-state index in [1.54, 1.807) is 0 Å². The van der Waals surface area contributed by atoms with Gasteiger partial charge < -0.3 is 10.7 Å². The summed E-state index contributed by atoms with van der Waals surface area (Å²) < 4.78 is 0. The molecular weight excluding hydrogens is 192 g/mol. The molecule has 0 aromatic carbocycles. The number of hydrogen-bond acceptors (Lipinski definition) is 7. The number of nitrogens with zero attached hydrogens (tertiary/aromatic N) is 4. The average molecular weight is 196 g/mol. The third-order valence-electron chi connectivity index (χ3n) is 1.43. The summed E-state index contributed by atoms with van der Waals surface area (Å²) in [6, 6.07) is 0. The van der Waals surface area contributed by atoms with Crippen molar-refractivity contribution < 1.29 is 9.92 Å². The maximum Gasteiger partial charge on any atom is 0.301 e. The number of nitrogens with one attached hydrogen (secondary N) is 1. The molecule has 0 saturated carbocycles. The summed E-state index contributed by atoms with van der Waals surface area (Å²) in [5.74, 6) is -0.392. The number of fused-ring (bicyclic) bond motifs is 1. The minimum absolute atomic E-state index is 0.138. The quantitative estimate of drug-likeness (QED) is 0.488. The van der Waals surface area contributed by atoms with Crippen LogP contribution >= 0.6 is 0 Å². The van der Waals surface area contributed by atoms with Crippen molar-refractivity contribution in [2.75, 3.05) is 5.73 Å². The summed E-state index contributed by atoms with van der Waals surface area (Å²) in [7, 11) is 0. The number of imidazole rings is 1. The Bertz CT molecular complexity index is 493. The largest absolute Gasteiger partial charge is 0.368 e. The van der Waals surface area contributed by atoms with Gasteiger partial charge in [0.25, 0.3) is 0 Å². The summed E-state index contributed by atoms with van der Waals surface area (Å²) >= 11 is 0. The van der Waals surface area contributed by atoms with Gasteiger partial charge in [-0.05, 0) is 0 Å². The van der Waals surface area contributed by atoms with Gasteiger partial charge >= 0.3 is 5.09 Å². The highest BCUT2D eigenvalue weighted by Gasteiger charge is 2.11. The summed E-state index contributed by atoms with van der Waals surface area (Å²) in [5.41, 5.74) is 5.73. The molecule has 72 valence electrons. The summed E-state index contributed by atoms with van der Waals surface area (Å²) in [5, 5.41) is 9.11. The van der Waals surface area contributed by atoms with Gasteiger partial charge in [0.1, 0.15) is 5.52 Å². The Morgan fingerprint density at radius 3 is 3.07 bits per heavy atom. The Hall–Kier alpha value is -2.45. The first kappa shape index (κ1) is 8.16. The van der Waals surface area contributed by atoms with Crippen LogP contribution in [-0.4, -0.2) is 25.0 Å². The number of nitrogen functional groups attached to an aromatic ring is 1. The van der Waals surface area contributed by atoms with Crippen LogP contribution in [0.4, 0.5) is 5.95 Å². The number of anilines is 1. The molecule has 0 aliphatic rings. The Kier molecular flexibility index (Phi) is 1.63. The molecule has 0 fully saturated rings. The number of hydrogen-bond donors (Lipinski definition) is 2. The lowest BCUT2D eigenvalue weighted by Gasteiger charge is -1.98. The minimum Gasteiger partial charge on any atom is -0.368 e. The Labute approximate surface area is 76.0 Å². The number of nitrogens with two attached hydrogens (primary N) is 1. The summed E-state index contributed by atoms with van der Waals surface area (Å²) in [6.07, 6.45) is 1.31. The number of aromatic nitrogens is 4. The van der Waals surface area contributed by atoms with Crippen LogP contribution in [-0.2, 0) is 0 Å². The predicted octanol–water partition coefficient (Wildman–Crippen LogP) is -0.494. The van der Waals surface area contributed by atoms with Gasteiger partial charge in [-0.3, -0.25) is 4.84 Å². The molecule has 0 saturated heterocycles. The molecule has 0 atom stereocenters. The van der Waals surface area contributed by atoms with Crippen molar-refractivity contribution in [2.24, 2.45) is 0 Å². The molecule has 9 heteroatoms. The van der Waals surface area contributed by atoms with E-state index in [1.807, 2.05) is 0 Å². The van der Waals surface area contributed by atoms with Gasteiger partial charge in [0.05, 0.1) is 6.33 Å². The molecule has 0 amide bonds. The van der Waals surface area contributed by atoms with Crippen LogP contribution in [0.15, 0.2) is 6.33 Å². The van der Waals surface area contributed by atoms with Crippen molar-refractivity contribution in [3.8, 4) is 5.88 Å². The van der Waals surface area contributed by atoms with Crippen LogP contribution in [0.5, 0.6) is 5.88 Å². The molecule has 0 aliphatic heterocycles. The van der Waals surface area contributed by atoms with Crippen molar-refractivity contribution in [2.45, 2.75) is 0 Å². The lowest BCUT2D eigenvalue weighted by atomic mass is 10.5. The highest BCUT2D eigenvalue weighted by atomic mass is 17.0. The predicted molar refractivity (Wildman–Crippen MR) is 43.7 cm³/mol. The number of rotatable bonds is 2. The van der Waals surface area contributed by atoms with Crippen LogP contribution in [0.1, 0.15) is 0 Å². The van der Waals surface area contributed by atoms with Crippen molar-refractivity contribution >= 4 is 17.1 Å². The van der Waals surface area contributed by atoms with Gasteiger partial charge in [-0.2, -0.15) is 9.97 Å². The molecule has 3 N–H and O–H groups in total. The fourth-order valence-corrected chi connectivity index (χ4v) is 0.959. The average Bonchev–Trinajstić information content (AvgIpc) is 2.50. The van der Waals surface area contributed by atoms with E-state index in [2.05, 4.69) is 24.8 Å². The van der Waals surface area contributed by atoms with Crippen molar-refractivity contribution in [3.05, 3.63) is 16.4 Å². The van der Waals surface area contributed by atoms with Crippen LogP contribution in [0.3, 0.4) is 0 Å². The third-order valence-corrected chi connectivity index (χ3v) is 1.43. The first-order chi connectivity index (χ1) is 6.66. The van der Waals surface area contributed by atoms with Crippen LogP contribution in [0.25, 0.3) is 11.2 Å². The lowest BCUT2D eigenvalue weighted by molar-refractivity contribution is -0.711. The Morgan fingerprint density at radius 1 is 1.57 bits per heavy atom. The van der Waals surface area contributed by atoms with Crippen molar-refractivity contribution in [3.63, 3.8) is 0 Å². The fourth-order valence-electron chi connectivity index (χ4n) is 0.959. The molecule has 0 aliphatic carbocycles. The molecule has 2 rings (SSSR count). The van der Waals surface area contributed by atoms with Crippen molar-refractivity contribution in [1.29, 1.82) is 0 Å². The topological polar surface area (TPSA) is 133 Å². The summed E-state index contributed by atoms with van der Waals surface area (Å²) in [4.78, 5) is 27.9. The second-order valence-electron chi connectivity index (χ2n) is 2.30. The van der Waals surface area contributed by atoms with Crippen LogP contribution in [0, 0.1) is 10.1 Å². The van der Waals surface area contributed by atoms with E-state index in [9.17, 15) is 10.1 Å². The molecule has 2 aromatic rings. The highest BCUT2D eigenvalue weighted by molar-refractivity contribution is 5.76. The maximum absolute atomic E-state index is 10.1. The standard InChI is InChI=1S/C5H4N6O3/c6-5-9-3-2(7-1-8-3)4(10-5)14-11(12)13/h1H,(H3,6,7,8,9,10). The van der Waals surface area contributed by atoms with Gasteiger partial charge in [-0.1, -0.05) is 0 Å². The smallest absolute Gasteiger partial charge is 0.301 e. The van der Waals surface area contributed by atoms with Crippen molar-refractivity contribution in [1.82, 2.24) is 19.9 Å². The zero-order valence-electron chi connectivity index (χ0n) is 6.67. The molecule has 2 heterocycles. The van der Waals surface area contributed by atoms with E-state index in [4.69, 9.17) is 5.73 Å². The molecule has 0 bridgehead atoms. The lowest BCUT2D eigenvalue weighted by Crippen LogP contribution is -2.07. The Balaban J connectivity index is 2.60. The van der Waals surface area contributed by atoms with Gasteiger partial charge in [0, 0.05) is 0 Å². The molecule has 2 aromatic heterocycles. The van der Waals surface area contributed by atoms with E-state index in [0.29, 0.717) is 0 Å². The van der Waals surface area contributed by atoms with E-state index in [-0.39, 0.29) is 23.0 Å². The zero-order valence-corrected chi connectivity index (χ0v) is 6.67. The molecular formula is C5H4N6O3. The maximum atomic E-state index is 10.1. The Morgan fingerprint density at radius 2 is 2.36 bits per heavy atom. The third kappa shape index (κ3) is 1.26. The van der Waals surface area contributed by atoms with Gasteiger partial charge in [-0.25, -0.2) is 4.98 Å². The normalized spacial score (nSPS) is 10.3. The highest BCUT2D eigenvalue weighted by Crippen LogP contribution is 2.19. The molecule has 0 spiro atoms. The first-order valence-electron chi connectivity index (χ1n) is 3.46. The second-order valence-corrected chi connectivity index (χ2v) is 2.30. The molecule has 0 radical (unpaired) electrons. The van der Waals surface area contributed by atoms with E-state index in [1.165, 1.54) is 6.33 Å². The first-order valence-corrected chi connectivity index (χ1v) is 3.46. The molecule has 0 unspecified atom stereocenters. The molecule has 14 heavy (non-hydrogen) atoms. The second kappa shape index (κ2) is 2.80. The zero-order chi connectivity index (χ0) is 10.1. The van der Waals surface area contributed by atoms with E-state index < -0.39 is 5.09 Å². The van der Waals surface area contributed by atoms with Crippen LogP contribution < -0.4 is 10.6 Å². The summed E-state index contributed by atoms with van der Waals surface area (Å²) in [6.45, 7) is 0. The molecule has 9 nitrogen and oxygen atoms in total. The fraction of sp³-hybridized carbons (Fsp3) is 0.